The lowest BCUT2D eigenvalue weighted by molar-refractivity contribution is 0.668. The summed E-state index contributed by atoms with van der Waals surface area (Å²) >= 11 is 0. The Morgan fingerprint density at radius 1 is 0.292 bits per heavy atom. The fourth-order valence-electron chi connectivity index (χ4n) is 10.1. The first-order chi connectivity index (χ1) is 32.2. The van der Waals surface area contributed by atoms with Gasteiger partial charge in [0.05, 0.1) is 27.8 Å². The van der Waals surface area contributed by atoms with E-state index < -0.39 is 0 Å². The van der Waals surface area contributed by atoms with Crippen molar-refractivity contribution in [2.75, 3.05) is 0 Å². The maximum atomic E-state index is 6.84. The van der Waals surface area contributed by atoms with Crippen LogP contribution in [0, 0.1) is 0 Å². The van der Waals surface area contributed by atoms with Crippen LogP contribution in [-0.4, -0.2) is 24.1 Å². The Labute approximate surface area is 371 Å². The monoisotopic (exact) mass is 829 g/mol. The molecule has 65 heavy (non-hydrogen) atoms. The van der Waals surface area contributed by atoms with Gasteiger partial charge >= 0.3 is 0 Å². The van der Waals surface area contributed by atoms with Gasteiger partial charge in [-0.2, -0.15) is 0 Å². The highest BCUT2D eigenvalue weighted by atomic mass is 16.3. The standard InChI is InChI=1S/C59H35N5O/c1-2-16-43(17-3-1)63-51-20-10-8-18-45(51)49-30-31-50-46-19-9-11-21-52(46)64(56(50)55(49)63)44-27-29-48-47-28-26-42(34-53(47)65-54(48)35-44)59-61-57(40-24-22-36-12-4-6-14-38(36)32-40)60-58(62-59)41-25-23-37-13-5-7-15-39(37)33-41/h1-35H. The predicted molar refractivity (Wildman–Crippen MR) is 267 cm³/mol. The van der Waals surface area contributed by atoms with Crippen molar-refractivity contribution in [1.82, 2.24) is 24.1 Å². The largest absolute Gasteiger partial charge is 0.456 e. The molecule has 0 N–H and O–H groups in total. The fraction of sp³-hybridized carbons (Fsp3) is 0. The second kappa shape index (κ2) is 13.8. The molecule has 0 spiro atoms. The van der Waals surface area contributed by atoms with Crippen LogP contribution >= 0.6 is 0 Å². The van der Waals surface area contributed by atoms with Crippen LogP contribution in [0.5, 0.6) is 0 Å². The normalized spacial score (nSPS) is 12.0. The molecule has 14 aromatic rings. The average molecular weight is 830 g/mol. The summed E-state index contributed by atoms with van der Waals surface area (Å²) < 4.78 is 11.7. The van der Waals surface area contributed by atoms with E-state index in [9.17, 15) is 0 Å². The number of fused-ring (bicyclic) bond motifs is 12. The maximum Gasteiger partial charge on any atom is 0.164 e. The highest BCUT2D eigenvalue weighted by Crippen LogP contribution is 2.43. The lowest BCUT2D eigenvalue weighted by Crippen LogP contribution is -2.00. The van der Waals surface area contributed by atoms with Crippen LogP contribution in [0.25, 0.3) is 133 Å². The third-order valence-corrected chi connectivity index (χ3v) is 13.1. The summed E-state index contributed by atoms with van der Waals surface area (Å²) in [4.78, 5) is 15.4. The molecule has 0 fully saturated rings. The molecule has 4 aromatic heterocycles. The van der Waals surface area contributed by atoms with Gasteiger partial charge in [-0.25, -0.2) is 15.0 Å². The molecule has 0 saturated carbocycles. The van der Waals surface area contributed by atoms with Crippen molar-refractivity contribution in [3.63, 3.8) is 0 Å². The van der Waals surface area contributed by atoms with Crippen LogP contribution in [0.15, 0.2) is 217 Å². The van der Waals surface area contributed by atoms with Crippen LogP contribution in [0.2, 0.25) is 0 Å². The molecule has 0 aliphatic rings. The molecule has 0 aliphatic heterocycles. The molecule has 0 atom stereocenters. The van der Waals surface area contributed by atoms with Crippen LogP contribution in [0.4, 0.5) is 0 Å². The maximum absolute atomic E-state index is 6.84. The average Bonchev–Trinajstić information content (AvgIpc) is 4.03. The van der Waals surface area contributed by atoms with E-state index in [0.29, 0.717) is 17.5 Å². The summed E-state index contributed by atoms with van der Waals surface area (Å²) in [6.45, 7) is 0. The zero-order chi connectivity index (χ0) is 42.6. The highest BCUT2D eigenvalue weighted by molar-refractivity contribution is 6.24. The van der Waals surface area contributed by atoms with Crippen molar-refractivity contribution in [2.45, 2.75) is 0 Å². The predicted octanol–water partition coefficient (Wildman–Crippen LogP) is 15.3. The zero-order valence-corrected chi connectivity index (χ0v) is 34.9. The Kier molecular flexibility index (Phi) is 7.59. The van der Waals surface area contributed by atoms with Gasteiger partial charge in [0.15, 0.2) is 17.5 Å². The first-order valence-corrected chi connectivity index (χ1v) is 21.9. The minimum absolute atomic E-state index is 0.581. The molecular weight excluding hydrogens is 795 g/mol. The van der Waals surface area contributed by atoms with Gasteiger partial charge in [-0.15, -0.1) is 0 Å². The van der Waals surface area contributed by atoms with Gasteiger partial charge in [0.25, 0.3) is 0 Å². The number of aromatic nitrogens is 5. The fourth-order valence-corrected chi connectivity index (χ4v) is 10.1. The Morgan fingerprint density at radius 2 is 0.723 bits per heavy atom. The summed E-state index contributed by atoms with van der Waals surface area (Å²) in [7, 11) is 0. The summed E-state index contributed by atoms with van der Waals surface area (Å²) in [5.41, 5.74) is 11.1. The lowest BCUT2D eigenvalue weighted by atomic mass is 10.1. The summed E-state index contributed by atoms with van der Waals surface area (Å²) in [6, 6.07) is 75.1. The number of hydrogen-bond acceptors (Lipinski definition) is 4. The van der Waals surface area contributed by atoms with Crippen molar-refractivity contribution in [3.05, 3.63) is 212 Å². The number of rotatable bonds is 5. The molecular formula is C59H35N5O. The Bertz CT molecular complexity index is 4160. The number of furan rings is 1. The first kappa shape index (κ1) is 35.7. The highest BCUT2D eigenvalue weighted by Gasteiger charge is 2.22. The van der Waals surface area contributed by atoms with Gasteiger partial charge in [-0.1, -0.05) is 146 Å². The van der Waals surface area contributed by atoms with Crippen LogP contribution in [0.1, 0.15) is 0 Å². The Hall–Kier alpha value is -8.87. The van der Waals surface area contributed by atoms with Crippen molar-refractivity contribution in [3.8, 4) is 45.5 Å². The van der Waals surface area contributed by atoms with Gasteiger partial charge < -0.3 is 13.6 Å². The van der Waals surface area contributed by atoms with E-state index in [2.05, 4.69) is 221 Å². The molecule has 0 unspecified atom stereocenters. The molecule has 0 radical (unpaired) electrons. The van der Waals surface area contributed by atoms with E-state index in [0.717, 1.165) is 71.8 Å². The van der Waals surface area contributed by atoms with Crippen molar-refractivity contribution in [2.24, 2.45) is 0 Å². The third-order valence-electron chi connectivity index (χ3n) is 13.1. The van der Waals surface area contributed by atoms with Crippen molar-refractivity contribution >= 4 is 87.1 Å². The summed E-state index contributed by atoms with van der Waals surface area (Å²) in [5, 5.41) is 11.5. The van der Waals surface area contributed by atoms with Crippen LogP contribution in [-0.2, 0) is 0 Å². The Balaban J connectivity index is 0.953. The molecule has 0 amide bonds. The van der Waals surface area contributed by atoms with Gasteiger partial charge in [-0.3, -0.25) is 0 Å². The molecule has 302 valence electrons. The number of hydrogen-bond donors (Lipinski definition) is 0. The molecule has 0 aliphatic carbocycles. The first-order valence-electron chi connectivity index (χ1n) is 21.9. The van der Waals surface area contributed by atoms with Crippen LogP contribution in [0.3, 0.4) is 0 Å². The minimum atomic E-state index is 0.581. The van der Waals surface area contributed by atoms with E-state index >= 15 is 0 Å². The van der Waals surface area contributed by atoms with E-state index in [-0.39, 0.29) is 0 Å². The second-order valence-electron chi connectivity index (χ2n) is 16.8. The SMILES string of the molecule is c1ccc(-n2c3ccccc3c3ccc4c5ccccc5n(-c5ccc6c(c5)oc5cc(-c7nc(-c8ccc9ccccc9c8)nc(-c8ccc9ccccc9c8)n7)ccc56)c4c32)cc1. The molecule has 10 aromatic carbocycles. The van der Waals surface area contributed by atoms with E-state index in [4.69, 9.17) is 19.4 Å². The van der Waals surface area contributed by atoms with Crippen molar-refractivity contribution < 1.29 is 4.42 Å². The number of nitrogens with zero attached hydrogens (tertiary/aromatic N) is 5. The van der Waals surface area contributed by atoms with Gasteiger partial charge in [-0.05, 0) is 82.2 Å². The number of para-hydroxylation sites is 3. The molecule has 6 nitrogen and oxygen atoms in total. The molecule has 0 saturated heterocycles. The van der Waals surface area contributed by atoms with E-state index in [1.54, 1.807) is 0 Å². The minimum Gasteiger partial charge on any atom is -0.456 e. The van der Waals surface area contributed by atoms with Crippen LogP contribution < -0.4 is 0 Å². The number of benzene rings is 10. The summed E-state index contributed by atoms with van der Waals surface area (Å²) in [6.07, 6.45) is 0. The molecule has 4 heterocycles. The summed E-state index contributed by atoms with van der Waals surface area (Å²) in [5.74, 6) is 1.81. The zero-order valence-electron chi connectivity index (χ0n) is 34.9. The quantitative estimate of drug-likeness (QED) is 0.173. The van der Waals surface area contributed by atoms with Gasteiger partial charge in [0.1, 0.15) is 11.2 Å². The molecule has 6 heteroatoms. The molecule has 14 rings (SSSR count). The lowest BCUT2D eigenvalue weighted by Gasteiger charge is -2.12. The smallest absolute Gasteiger partial charge is 0.164 e. The van der Waals surface area contributed by atoms with E-state index in [1.807, 2.05) is 0 Å². The topological polar surface area (TPSA) is 61.7 Å². The molecule has 0 bridgehead atoms. The van der Waals surface area contributed by atoms with Crippen molar-refractivity contribution in [1.29, 1.82) is 0 Å². The van der Waals surface area contributed by atoms with E-state index in [1.165, 1.54) is 43.4 Å². The Morgan fingerprint density at radius 3 is 1.31 bits per heavy atom. The van der Waals surface area contributed by atoms with Gasteiger partial charge in [0.2, 0.25) is 0 Å². The van der Waals surface area contributed by atoms with Gasteiger partial charge in [0, 0.05) is 60.8 Å². The second-order valence-corrected chi connectivity index (χ2v) is 16.8. The third kappa shape index (κ3) is 5.51.